The van der Waals surface area contributed by atoms with Gasteiger partial charge in [-0.25, -0.2) is 0 Å². The molecule has 2 aromatic carbocycles. The fourth-order valence-corrected chi connectivity index (χ4v) is 4.47. The minimum absolute atomic E-state index is 0.0659. The van der Waals surface area contributed by atoms with Crippen LogP contribution in [0.2, 0.25) is 0 Å². The van der Waals surface area contributed by atoms with Crippen molar-refractivity contribution in [2.24, 2.45) is 5.92 Å². The van der Waals surface area contributed by atoms with E-state index in [2.05, 4.69) is 20.8 Å². The molecule has 0 radical (unpaired) electrons. The molecule has 1 fully saturated rings. The number of amides is 2. The number of nitrogens with one attached hydrogen (secondary N) is 2. The summed E-state index contributed by atoms with van der Waals surface area (Å²) >= 11 is 2.78. The second-order valence-corrected chi connectivity index (χ2v) is 9.18. The third-order valence-electron chi connectivity index (χ3n) is 4.40. The molecule has 0 spiro atoms. The fourth-order valence-electron chi connectivity index (χ4n) is 2.79. The summed E-state index contributed by atoms with van der Waals surface area (Å²) in [7, 11) is 0. The van der Waals surface area contributed by atoms with E-state index in [0.717, 1.165) is 34.0 Å². The zero-order valence-corrected chi connectivity index (χ0v) is 17.4. The fraction of sp³-hybridized carbons (Fsp3) is 0.238. The van der Waals surface area contributed by atoms with E-state index in [1.165, 1.54) is 23.1 Å². The summed E-state index contributed by atoms with van der Waals surface area (Å²) < 4.78 is 0. The van der Waals surface area contributed by atoms with Crippen LogP contribution in [0.5, 0.6) is 0 Å². The summed E-state index contributed by atoms with van der Waals surface area (Å²) in [6.45, 7) is 1.85. The van der Waals surface area contributed by atoms with Crippen molar-refractivity contribution in [3.8, 4) is 0 Å². The molecule has 6 nitrogen and oxygen atoms in total. The topological polar surface area (TPSA) is 84.0 Å². The lowest BCUT2D eigenvalue weighted by Gasteiger charge is -2.16. The van der Waals surface area contributed by atoms with Gasteiger partial charge in [-0.2, -0.15) is 0 Å². The number of carbonyl (C=O) groups is 2. The molecule has 29 heavy (non-hydrogen) atoms. The largest absolute Gasteiger partial charge is 0.326 e. The quantitative estimate of drug-likeness (QED) is 0.539. The van der Waals surface area contributed by atoms with Gasteiger partial charge in [0.05, 0.1) is 0 Å². The Morgan fingerprint density at radius 1 is 1.07 bits per heavy atom. The number of nitrogens with zero attached hydrogens (tertiary/aromatic N) is 2. The van der Waals surface area contributed by atoms with Crippen LogP contribution in [-0.4, -0.2) is 22.0 Å². The predicted octanol–water partition coefficient (Wildman–Crippen LogP) is 4.67. The second-order valence-electron chi connectivity index (χ2n) is 6.82. The lowest BCUT2D eigenvalue weighted by atomic mass is 10.1. The number of benzene rings is 2. The lowest BCUT2D eigenvalue weighted by molar-refractivity contribution is -0.117. The maximum Gasteiger partial charge on any atom is 0.244 e. The molecule has 1 saturated carbocycles. The summed E-state index contributed by atoms with van der Waals surface area (Å²) in [6, 6.07) is 17.2. The molecule has 1 aliphatic rings. The van der Waals surface area contributed by atoms with Gasteiger partial charge in [-0.3, -0.25) is 14.9 Å². The van der Waals surface area contributed by atoms with Crippen molar-refractivity contribution in [1.82, 2.24) is 10.2 Å². The van der Waals surface area contributed by atoms with Crippen molar-refractivity contribution >= 4 is 45.7 Å². The summed E-state index contributed by atoms with van der Waals surface area (Å²) in [4.78, 5) is 26.0. The van der Waals surface area contributed by atoms with Gasteiger partial charge in [0.25, 0.3) is 0 Å². The molecule has 1 heterocycles. The van der Waals surface area contributed by atoms with Crippen LogP contribution in [0, 0.1) is 12.8 Å². The van der Waals surface area contributed by atoms with Crippen molar-refractivity contribution in [1.29, 1.82) is 0 Å². The Hall–Kier alpha value is -2.71. The monoisotopic (exact) mass is 424 g/mol. The molecule has 1 atom stereocenters. The highest BCUT2D eigenvalue weighted by atomic mass is 32.2. The van der Waals surface area contributed by atoms with Crippen molar-refractivity contribution in [3.63, 3.8) is 0 Å². The van der Waals surface area contributed by atoms with Gasteiger partial charge in [0.2, 0.25) is 16.9 Å². The first-order chi connectivity index (χ1) is 14.1. The molecule has 148 valence electrons. The van der Waals surface area contributed by atoms with Gasteiger partial charge in [-0.05, 0) is 43.5 Å². The standard InChI is InChI=1S/C21H20N4O2S2/c1-13-24-25-21(28-13)23-20(27)18(14-6-3-2-4-7-14)29-17-9-5-8-16(12-17)22-19(26)15-10-11-15/h2-9,12,15,18H,10-11H2,1H3,(H,22,26)(H,23,25,27). The lowest BCUT2D eigenvalue weighted by Crippen LogP contribution is -2.19. The SMILES string of the molecule is Cc1nnc(NC(=O)C(Sc2cccc(NC(=O)C3CC3)c2)c2ccccc2)s1. The van der Waals surface area contributed by atoms with E-state index in [4.69, 9.17) is 0 Å². The van der Waals surface area contributed by atoms with Crippen LogP contribution in [0.1, 0.15) is 28.7 Å². The highest BCUT2D eigenvalue weighted by molar-refractivity contribution is 8.00. The van der Waals surface area contributed by atoms with Gasteiger partial charge in [0, 0.05) is 16.5 Å². The number of thioether (sulfide) groups is 1. The summed E-state index contributed by atoms with van der Waals surface area (Å²) in [5.74, 6) is 0.0467. The predicted molar refractivity (Wildman–Crippen MR) is 116 cm³/mol. The Bertz CT molecular complexity index is 1020. The molecule has 3 aromatic rings. The summed E-state index contributed by atoms with van der Waals surface area (Å²) in [6.07, 6.45) is 1.92. The van der Waals surface area contributed by atoms with Crippen molar-refractivity contribution in [2.75, 3.05) is 10.6 Å². The first-order valence-electron chi connectivity index (χ1n) is 9.32. The third kappa shape index (κ3) is 5.21. The zero-order chi connectivity index (χ0) is 20.2. The number of rotatable bonds is 7. The van der Waals surface area contributed by atoms with Crippen LogP contribution in [0.25, 0.3) is 0 Å². The number of carbonyl (C=O) groups excluding carboxylic acids is 2. The van der Waals surface area contributed by atoms with Crippen LogP contribution < -0.4 is 10.6 Å². The molecule has 0 aliphatic heterocycles. The Balaban J connectivity index is 1.53. The average molecular weight is 425 g/mol. The maximum absolute atomic E-state index is 13.0. The number of hydrogen-bond acceptors (Lipinski definition) is 6. The molecule has 4 rings (SSSR count). The Morgan fingerprint density at radius 3 is 2.55 bits per heavy atom. The molecule has 1 aliphatic carbocycles. The van der Waals surface area contributed by atoms with Gasteiger partial charge in [-0.15, -0.1) is 22.0 Å². The van der Waals surface area contributed by atoms with Crippen LogP contribution in [0.3, 0.4) is 0 Å². The normalized spacial score (nSPS) is 14.2. The molecule has 2 N–H and O–H groups in total. The van der Waals surface area contributed by atoms with Gasteiger partial charge in [0.15, 0.2) is 0 Å². The first-order valence-corrected chi connectivity index (χ1v) is 11.0. The highest BCUT2D eigenvalue weighted by Crippen LogP contribution is 2.38. The van der Waals surface area contributed by atoms with E-state index in [1.807, 2.05) is 61.5 Å². The Kier molecular flexibility index (Phi) is 5.92. The van der Waals surface area contributed by atoms with Crippen molar-refractivity contribution in [2.45, 2.75) is 29.9 Å². The van der Waals surface area contributed by atoms with Gasteiger partial charge >= 0.3 is 0 Å². The number of anilines is 2. The molecular weight excluding hydrogens is 404 g/mol. The minimum atomic E-state index is -0.463. The molecule has 0 bridgehead atoms. The maximum atomic E-state index is 13.0. The average Bonchev–Trinajstić information content (AvgIpc) is 3.50. The Labute approximate surface area is 177 Å². The number of aromatic nitrogens is 2. The van der Waals surface area contributed by atoms with Gasteiger partial charge in [-0.1, -0.05) is 47.7 Å². The second kappa shape index (κ2) is 8.75. The van der Waals surface area contributed by atoms with Crippen molar-refractivity contribution < 1.29 is 9.59 Å². The number of hydrogen-bond donors (Lipinski definition) is 2. The third-order valence-corrected chi connectivity index (χ3v) is 6.40. The molecule has 8 heteroatoms. The van der Waals surface area contributed by atoms with Crippen LogP contribution >= 0.6 is 23.1 Å². The smallest absolute Gasteiger partial charge is 0.244 e. The Morgan fingerprint density at radius 2 is 1.86 bits per heavy atom. The van der Waals surface area contributed by atoms with Crippen molar-refractivity contribution in [3.05, 3.63) is 65.2 Å². The van der Waals surface area contributed by atoms with E-state index < -0.39 is 5.25 Å². The molecule has 1 aromatic heterocycles. The van der Waals surface area contributed by atoms with E-state index in [9.17, 15) is 9.59 Å². The van der Waals surface area contributed by atoms with E-state index in [1.54, 1.807) is 0 Å². The minimum Gasteiger partial charge on any atom is -0.326 e. The zero-order valence-electron chi connectivity index (χ0n) is 15.8. The molecule has 2 amide bonds. The summed E-state index contributed by atoms with van der Waals surface area (Å²) in [5.41, 5.74) is 1.64. The van der Waals surface area contributed by atoms with Gasteiger partial charge in [0.1, 0.15) is 10.3 Å². The molecule has 1 unspecified atom stereocenters. The van der Waals surface area contributed by atoms with E-state index in [0.29, 0.717) is 5.13 Å². The van der Waals surface area contributed by atoms with Gasteiger partial charge < -0.3 is 5.32 Å². The number of aryl methyl sites for hydroxylation is 1. The highest BCUT2D eigenvalue weighted by Gasteiger charge is 2.29. The summed E-state index contributed by atoms with van der Waals surface area (Å²) in [5, 5.41) is 14.6. The van der Waals surface area contributed by atoms with Crippen LogP contribution in [-0.2, 0) is 9.59 Å². The van der Waals surface area contributed by atoms with E-state index >= 15 is 0 Å². The van der Waals surface area contributed by atoms with Crippen LogP contribution in [0.4, 0.5) is 10.8 Å². The first kappa shape index (κ1) is 19.6. The van der Waals surface area contributed by atoms with E-state index in [-0.39, 0.29) is 17.7 Å². The molecule has 0 saturated heterocycles. The molecular formula is C21H20N4O2S2. The van der Waals surface area contributed by atoms with Crippen LogP contribution in [0.15, 0.2) is 59.5 Å².